The summed E-state index contributed by atoms with van der Waals surface area (Å²) < 4.78 is 0. The minimum Gasteiger partial charge on any atom is -0.479 e. The molecule has 1 rings (SSSR count). The molecule has 1 fully saturated rings. The molecule has 1 atom stereocenters. The van der Waals surface area contributed by atoms with E-state index in [4.69, 9.17) is 15.9 Å². The van der Waals surface area contributed by atoms with Crippen molar-refractivity contribution in [2.75, 3.05) is 26.2 Å². The van der Waals surface area contributed by atoms with Crippen LogP contribution in [0, 0.1) is 0 Å². The molecule has 0 aromatic carbocycles. The number of nitrogens with one attached hydrogen (secondary N) is 1. The molecule has 17 heavy (non-hydrogen) atoms. The molecule has 98 valence electrons. The molecule has 0 aromatic rings. The molecule has 0 aliphatic carbocycles. The highest BCUT2D eigenvalue weighted by Gasteiger charge is 2.19. The van der Waals surface area contributed by atoms with Crippen molar-refractivity contribution >= 4 is 11.9 Å². The lowest BCUT2D eigenvalue weighted by Crippen LogP contribution is -2.46. The Labute approximate surface area is 99.6 Å². The van der Waals surface area contributed by atoms with Gasteiger partial charge in [-0.1, -0.05) is 0 Å². The summed E-state index contributed by atoms with van der Waals surface area (Å²) in [6, 6.07) is 0.211. The zero-order valence-electron chi connectivity index (χ0n) is 9.63. The minimum atomic E-state index is -1.55. The summed E-state index contributed by atoms with van der Waals surface area (Å²) in [7, 11) is 0. The Bertz CT molecular complexity index is 277. The number of carbonyl (C=O) groups is 2. The second-order valence-corrected chi connectivity index (χ2v) is 4.27. The predicted octanol–water partition coefficient (Wildman–Crippen LogP) is -2.03. The Morgan fingerprint density at radius 3 is 2.53 bits per heavy atom. The van der Waals surface area contributed by atoms with Crippen LogP contribution < -0.4 is 11.1 Å². The van der Waals surface area contributed by atoms with Crippen molar-refractivity contribution in [3.63, 3.8) is 0 Å². The fraction of sp³-hybridized carbons (Fsp3) is 0.800. The maximum Gasteiger partial charge on any atom is 0.334 e. The molecule has 7 heteroatoms. The average Bonchev–Trinajstić information content (AvgIpc) is 2.29. The Hall–Kier alpha value is -1.18. The van der Waals surface area contributed by atoms with Crippen LogP contribution >= 0.6 is 0 Å². The largest absolute Gasteiger partial charge is 0.479 e. The van der Waals surface area contributed by atoms with E-state index >= 15 is 0 Å². The fourth-order valence-electron chi connectivity index (χ4n) is 1.67. The highest BCUT2D eigenvalue weighted by Crippen LogP contribution is 2.07. The van der Waals surface area contributed by atoms with E-state index in [0.717, 1.165) is 25.9 Å². The van der Waals surface area contributed by atoms with Crippen molar-refractivity contribution in [1.82, 2.24) is 10.2 Å². The van der Waals surface area contributed by atoms with Crippen molar-refractivity contribution < 1.29 is 19.8 Å². The zero-order valence-corrected chi connectivity index (χ0v) is 9.63. The van der Waals surface area contributed by atoms with E-state index in [1.54, 1.807) is 0 Å². The summed E-state index contributed by atoms with van der Waals surface area (Å²) in [6.07, 6.45) is 0.185. The Morgan fingerprint density at radius 1 is 1.41 bits per heavy atom. The quantitative estimate of drug-likeness (QED) is 0.444. The normalized spacial score (nSPS) is 19.9. The molecule has 0 aromatic heterocycles. The number of aliphatic carboxylic acids is 1. The van der Waals surface area contributed by atoms with E-state index in [2.05, 4.69) is 5.32 Å². The van der Waals surface area contributed by atoms with E-state index in [1.807, 2.05) is 4.90 Å². The van der Waals surface area contributed by atoms with Crippen LogP contribution in [0.15, 0.2) is 0 Å². The van der Waals surface area contributed by atoms with Gasteiger partial charge in [0.15, 0.2) is 6.10 Å². The van der Waals surface area contributed by atoms with Crippen LogP contribution in [0.3, 0.4) is 0 Å². The maximum absolute atomic E-state index is 11.4. The van der Waals surface area contributed by atoms with E-state index in [-0.39, 0.29) is 25.0 Å². The van der Waals surface area contributed by atoms with Gasteiger partial charge in [0.05, 0.1) is 13.1 Å². The Balaban J connectivity index is 2.19. The third kappa shape index (κ3) is 5.12. The van der Waals surface area contributed by atoms with Gasteiger partial charge in [-0.2, -0.15) is 0 Å². The number of rotatable bonds is 5. The number of aliphatic hydroxyl groups excluding tert-OH is 1. The summed E-state index contributed by atoms with van der Waals surface area (Å²) in [5, 5.41) is 19.8. The lowest BCUT2D eigenvalue weighted by Gasteiger charge is -2.29. The standard InChI is InChI=1S/C10H19N3O4/c11-7-1-3-13(4-2-7)6-9(15)12-5-8(14)10(16)17/h7-8,14H,1-6,11H2,(H,12,15)(H,16,17)/t8-/m0/s1. The van der Waals surface area contributed by atoms with Crippen LogP contribution in [-0.2, 0) is 9.59 Å². The first-order valence-corrected chi connectivity index (χ1v) is 5.64. The number of nitrogens with zero attached hydrogens (tertiary/aromatic N) is 1. The van der Waals surface area contributed by atoms with Crippen LogP contribution in [0.1, 0.15) is 12.8 Å². The van der Waals surface area contributed by atoms with Crippen LogP contribution in [0.5, 0.6) is 0 Å². The first kappa shape index (κ1) is 13.9. The molecule has 1 amide bonds. The van der Waals surface area contributed by atoms with Gasteiger partial charge in [-0.3, -0.25) is 9.69 Å². The Kier molecular flexibility index (Phi) is 5.33. The van der Waals surface area contributed by atoms with E-state index in [9.17, 15) is 9.59 Å². The van der Waals surface area contributed by atoms with Gasteiger partial charge >= 0.3 is 5.97 Å². The molecule has 0 spiro atoms. The average molecular weight is 245 g/mol. The molecule has 1 aliphatic rings. The maximum atomic E-state index is 11.4. The second-order valence-electron chi connectivity index (χ2n) is 4.27. The topological polar surface area (TPSA) is 116 Å². The molecular weight excluding hydrogens is 226 g/mol. The van der Waals surface area contributed by atoms with E-state index in [1.165, 1.54) is 0 Å². The number of piperidine rings is 1. The highest BCUT2D eigenvalue weighted by molar-refractivity contribution is 5.79. The molecule has 1 heterocycles. The van der Waals surface area contributed by atoms with Crippen LogP contribution in [0.25, 0.3) is 0 Å². The molecule has 0 bridgehead atoms. The number of carboxylic acids is 1. The van der Waals surface area contributed by atoms with Crippen LogP contribution in [-0.4, -0.2) is 65.3 Å². The minimum absolute atomic E-state index is 0.211. The molecule has 0 radical (unpaired) electrons. The number of amides is 1. The van der Waals surface area contributed by atoms with Gasteiger partial charge in [0, 0.05) is 19.1 Å². The lowest BCUT2D eigenvalue weighted by atomic mass is 10.1. The van der Waals surface area contributed by atoms with E-state index < -0.39 is 12.1 Å². The van der Waals surface area contributed by atoms with Crippen molar-refractivity contribution in [3.05, 3.63) is 0 Å². The number of aliphatic hydroxyl groups is 1. The summed E-state index contributed by atoms with van der Waals surface area (Å²) in [5.41, 5.74) is 5.73. The first-order chi connectivity index (χ1) is 7.99. The monoisotopic (exact) mass is 245 g/mol. The molecule has 7 nitrogen and oxygen atoms in total. The summed E-state index contributed by atoms with van der Waals surface area (Å²) in [6.45, 7) is 1.51. The fourth-order valence-corrected chi connectivity index (χ4v) is 1.67. The molecule has 0 saturated carbocycles. The number of hydrogen-bond donors (Lipinski definition) is 4. The van der Waals surface area contributed by atoms with Crippen LogP contribution in [0.2, 0.25) is 0 Å². The van der Waals surface area contributed by atoms with Crippen LogP contribution in [0.4, 0.5) is 0 Å². The number of likely N-dealkylation sites (tertiary alicyclic amines) is 1. The highest BCUT2D eigenvalue weighted by atomic mass is 16.4. The lowest BCUT2D eigenvalue weighted by molar-refractivity contribution is -0.146. The van der Waals surface area contributed by atoms with Crippen molar-refractivity contribution in [3.8, 4) is 0 Å². The van der Waals surface area contributed by atoms with Crippen molar-refractivity contribution in [2.45, 2.75) is 25.0 Å². The van der Waals surface area contributed by atoms with Gasteiger partial charge in [-0.15, -0.1) is 0 Å². The van der Waals surface area contributed by atoms with Gasteiger partial charge in [-0.25, -0.2) is 4.79 Å². The van der Waals surface area contributed by atoms with Gasteiger partial charge in [-0.05, 0) is 12.8 Å². The third-order valence-electron chi connectivity index (χ3n) is 2.78. The first-order valence-electron chi connectivity index (χ1n) is 5.64. The van der Waals surface area contributed by atoms with Crippen molar-refractivity contribution in [2.24, 2.45) is 5.73 Å². The van der Waals surface area contributed by atoms with Gasteiger partial charge in [0.25, 0.3) is 0 Å². The van der Waals surface area contributed by atoms with Gasteiger partial charge in [0.1, 0.15) is 0 Å². The molecule has 5 N–H and O–H groups in total. The molecular formula is C10H19N3O4. The third-order valence-corrected chi connectivity index (χ3v) is 2.78. The summed E-state index contributed by atoms with van der Waals surface area (Å²) >= 11 is 0. The molecule has 0 unspecified atom stereocenters. The summed E-state index contributed by atoms with van der Waals surface area (Å²) in [5.74, 6) is -1.62. The number of carbonyl (C=O) groups excluding carboxylic acids is 1. The summed E-state index contributed by atoms with van der Waals surface area (Å²) in [4.78, 5) is 23.7. The van der Waals surface area contributed by atoms with E-state index in [0.29, 0.717) is 0 Å². The van der Waals surface area contributed by atoms with Gasteiger partial charge in [0.2, 0.25) is 5.91 Å². The molecule has 1 saturated heterocycles. The van der Waals surface area contributed by atoms with Crippen molar-refractivity contribution in [1.29, 1.82) is 0 Å². The second kappa shape index (κ2) is 6.53. The van der Waals surface area contributed by atoms with Gasteiger partial charge < -0.3 is 21.3 Å². The zero-order chi connectivity index (χ0) is 12.8. The number of carboxylic acid groups (broad SMARTS) is 1. The number of nitrogens with two attached hydrogens (primary N) is 1. The smallest absolute Gasteiger partial charge is 0.334 e. The number of hydrogen-bond acceptors (Lipinski definition) is 5. The molecule has 1 aliphatic heterocycles. The SMILES string of the molecule is NC1CCN(CC(=O)NC[C@H](O)C(=O)O)CC1. The Morgan fingerprint density at radius 2 is 2.00 bits per heavy atom. The predicted molar refractivity (Wildman–Crippen MR) is 60.3 cm³/mol.